The first-order chi connectivity index (χ1) is 8.75. The fourth-order valence-electron chi connectivity index (χ4n) is 1.78. The van der Waals surface area contributed by atoms with E-state index in [-0.39, 0.29) is 11.4 Å². The lowest BCUT2D eigenvalue weighted by molar-refractivity contribution is -0.143. The summed E-state index contributed by atoms with van der Waals surface area (Å²) in [6.45, 7) is 8.68. The van der Waals surface area contributed by atoms with Gasteiger partial charge in [0.25, 0.3) is 0 Å². The molecule has 2 N–H and O–H groups in total. The number of aryl methyl sites for hydroxylation is 1. The SMILES string of the molecule is CCOC(=O)CCc1cc(C(C)(C)C)cc(Br)c1N. The second-order valence-electron chi connectivity index (χ2n) is 5.59. The second-order valence-corrected chi connectivity index (χ2v) is 6.44. The summed E-state index contributed by atoms with van der Waals surface area (Å²) in [5.74, 6) is -0.181. The van der Waals surface area contributed by atoms with Crippen LogP contribution in [-0.4, -0.2) is 12.6 Å². The minimum atomic E-state index is -0.181. The molecule has 106 valence electrons. The quantitative estimate of drug-likeness (QED) is 0.675. The molecule has 0 saturated heterocycles. The molecule has 0 aromatic heterocycles. The van der Waals surface area contributed by atoms with Gasteiger partial charge in [0, 0.05) is 16.6 Å². The first kappa shape index (κ1) is 16.0. The summed E-state index contributed by atoms with van der Waals surface area (Å²) in [4.78, 5) is 11.4. The van der Waals surface area contributed by atoms with Crippen LogP contribution in [0.3, 0.4) is 0 Å². The molecule has 0 unspecified atom stereocenters. The minimum absolute atomic E-state index is 0.0505. The van der Waals surface area contributed by atoms with Crippen LogP contribution in [0.5, 0.6) is 0 Å². The third kappa shape index (κ3) is 4.53. The Morgan fingerprint density at radius 3 is 2.53 bits per heavy atom. The van der Waals surface area contributed by atoms with Crippen LogP contribution in [0.15, 0.2) is 16.6 Å². The van der Waals surface area contributed by atoms with Crippen molar-refractivity contribution in [2.24, 2.45) is 0 Å². The van der Waals surface area contributed by atoms with Crippen molar-refractivity contribution in [1.82, 2.24) is 0 Å². The molecule has 0 heterocycles. The van der Waals surface area contributed by atoms with E-state index in [1.165, 1.54) is 5.56 Å². The number of halogens is 1. The molecule has 1 rings (SSSR count). The lowest BCUT2D eigenvalue weighted by Gasteiger charge is -2.21. The fraction of sp³-hybridized carbons (Fsp3) is 0.533. The second kappa shape index (κ2) is 6.42. The molecule has 0 bridgehead atoms. The Labute approximate surface area is 123 Å². The molecule has 0 spiro atoms. The molecule has 0 aliphatic rings. The molecule has 19 heavy (non-hydrogen) atoms. The summed E-state index contributed by atoms with van der Waals surface area (Å²) in [5, 5.41) is 0. The van der Waals surface area contributed by atoms with E-state index in [4.69, 9.17) is 10.5 Å². The van der Waals surface area contributed by atoms with Gasteiger partial charge >= 0.3 is 5.97 Å². The van der Waals surface area contributed by atoms with E-state index in [1.807, 2.05) is 13.0 Å². The molecule has 1 aromatic rings. The van der Waals surface area contributed by atoms with Crippen LogP contribution < -0.4 is 5.73 Å². The number of carbonyl (C=O) groups excluding carboxylic acids is 1. The average molecular weight is 328 g/mol. The Morgan fingerprint density at radius 1 is 1.37 bits per heavy atom. The number of ether oxygens (including phenoxy) is 1. The van der Waals surface area contributed by atoms with E-state index in [2.05, 4.69) is 42.8 Å². The van der Waals surface area contributed by atoms with Crippen LogP contribution in [0.1, 0.15) is 45.2 Å². The van der Waals surface area contributed by atoms with Crippen molar-refractivity contribution in [2.45, 2.75) is 46.0 Å². The third-order valence-electron chi connectivity index (χ3n) is 2.99. The van der Waals surface area contributed by atoms with Gasteiger partial charge in [-0.15, -0.1) is 0 Å². The van der Waals surface area contributed by atoms with Gasteiger partial charge in [0.1, 0.15) is 0 Å². The summed E-state index contributed by atoms with van der Waals surface area (Å²) in [6.07, 6.45) is 0.964. The monoisotopic (exact) mass is 327 g/mol. The van der Waals surface area contributed by atoms with Crippen LogP contribution in [-0.2, 0) is 21.4 Å². The van der Waals surface area contributed by atoms with Crippen molar-refractivity contribution in [3.8, 4) is 0 Å². The van der Waals surface area contributed by atoms with Gasteiger partial charge in [0.2, 0.25) is 0 Å². The van der Waals surface area contributed by atoms with Crippen molar-refractivity contribution in [1.29, 1.82) is 0 Å². The van der Waals surface area contributed by atoms with Crippen LogP contribution >= 0.6 is 15.9 Å². The molecule has 0 saturated carbocycles. The Bertz CT molecular complexity index is 464. The smallest absolute Gasteiger partial charge is 0.306 e. The molecule has 0 atom stereocenters. The fourth-order valence-corrected chi connectivity index (χ4v) is 2.29. The van der Waals surface area contributed by atoms with Gasteiger partial charge in [-0.25, -0.2) is 0 Å². The Morgan fingerprint density at radius 2 is 2.00 bits per heavy atom. The standard InChI is InChI=1S/C15H22BrNO2/c1-5-19-13(18)7-6-10-8-11(15(2,3)4)9-12(16)14(10)17/h8-9H,5-7,17H2,1-4H3. The highest BCUT2D eigenvalue weighted by atomic mass is 79.9. The zero-order valence-corrected chi connectivity index (χ0v) is 13.6. The number of nitrogens with two attached hydrogens (primary N) is 1. The predicted molar refractivity (Wildman–Crippen MR) is 82.2 cm³/mol. The van der Waals surface area contributed by atoms with E-state index < -0.39 is 0 Å². The van der Waals surface area contributed by atoms with Gasteiger partial charge in [-0.1, -0.05) is 26.8 Å². The summed E-state index contributed by atoms with van der Waals surface area (Å²) in [7, 11) is 0. The van der Waals surface area contributed by atoms with Crippen LogP contribution in [0.4, 0.5) is 5.69 Å². The zero-order chi connectivity index (χ0) is 14.6. The highest BCUT2D eigenvalue weighted by Crippen LogP contribution is 2.32. The first-order valence-electron chi connectivity index (χ1n) is 6.49. The minimum Gasteiger partial charge on any atom is -0.466 e. The van der Waals surface area contributed by atoms with Gasteiger partial charge < -0.3 is 10.5 Å². The molecule has 0 fully saturated rings. The molecule has 0 aliphatic heterocycles. The summed E-state index contributed by atoms with van der Waals surface area (Å²) < 4.78 is 5.83. The number of hydrogen-bond acceptors (Lipinski definition) is 3. The van der Waals surface area contributed by atoms with Gasteiger partial charge in [-0.05, 0) is 51.9 Å². The van der Waals surface area contributed by atoms with E-state index in [0.717, 1.165) is 10.0 Å². The van der Waals surface area contributed by atoms with Crippen LogP contribution in [0, 0.1) is 0 Å². The molecule has 0 radical (unpaired) electrons. The van der Waals surface area contributed by atoms with Crippen LogP contribution in [0.2, 0.25) is 0 Å². The summed E-state index contributed by atoms with van der Waals surface area (Å²) in [5.41, 5.74) is 9.01. The molecule has 1 aromatic carbocycles. The lowest BCUT2D eigenvalue weighted by Crippen LogP contribution is -2.13. The topological polar surface area (TPSA) is 52.3 Å². The third-order valence-corrected chi connectivity index (χ3v) is 3.64. The maximum Gasteiger partial charge on any atom is 0.306 e. The molecule has 0 aliphatic carbocycles. The van der Waals surface area contributed by atoms with E-state index in [1.54, 1.807) is 0 Å². The number of anilines is 1. The van der Waals surface area contributed by atoms with Crippen molar-refractivity contribution < 1.29 is 9.53 Å². The van der Waals surface area contributed by atoms with E-state index >= 15 is 0 Å². The molecule has 3 nitrogen and oxygen atoms in total. The number of hydrogen-bond donors (Lipinski definition) is 1. The predicted octanol–water partition coefficient (Wildman–Crippen LogP) is 3.82. The highest BCUT2D eigenvalue weighted by Gasteiger charge is 2.17. The molecule has 0 amide bonds. The normalized spacial score (nSPS) is 11.4. The Balaban J connectivity index is 2.94. The zero-order valence-electron chi connectivity index (χ0n) is 12.0. The van der Waals surface area contributed by atoms with E-state index in [0.29, 0.717) is 25.1 Å². The maximum atomic E-state index is 11.4. The number of rotatable bonds is 4. The molecular weight excluding hydrogens is 306 g/mol. The average Bonchev–Trinajstić information content (AvgIpc) is 2.30. The van der Waals surface area contributed by atoms with E-state index in [9.17, 15) is 4.79 Å². The summed E-state index contributed by atoms with van der Waals surface area (Å²) in [6, 6.07) is 4.13. The Hall–Kier alpha value is -1.03. The van der Waals surface area contributed by atoms with Gasteiger partial charge in [0.05, 0.1) is 6.61 Å². The maximum absolute atomic E-state index is 11.4. The van der Waals surface area contributed by atoms with Crippen molar-refractivity contribution >= 4 is 27.6 Å². The number of benzene rings is 1. The van der Waals surface area contributed by atoms with Gasteiger partial charge in [-0.3, -0.25) is 4.79 Å². The molecular formula is C15H22BrNO2. The number of nitrogen functional groups attached to an aromatic ring is 1. The van der Waals surface area contributed by atoms with Crippen molar-refractivity contribution in [2.75, 3.05) is 12.3 Å². The van der Waals surface area contributed by atoms with Gasteiger partial charge in [-0.2, -0.15) is 0 Å². The Kier molecular flexibility index (Phi) is 5.41. The highest BCUT2D eigenvalue weighted by molar-refractivity contribution is 9.10. The van der Waals surface area contributed by atoms with Gasteiger partial charge in [0.15, 0.2) is 0 Å². The molecule has 4 heteroatoms. The lowest BCUT2D eigenvalue weighted by atomic mass is 9.85. The first-order valence-corrected chi connectivity index (χ1v) is 7.29. The van der Waals surface area contributed by atoms with Crippen LogP contribution in [0.25, 0.3) is 0 Å². The van der Waals surface area contributed by atoms with Crippen molar-refractivity contribution in [3.63, 3.8) is 0 Å². The van der Waals surface area contributed by atoms with Crippen molar-refractivity contribution in [3.05, 3.63) is 27.7 Å². The summed E-state index contributed by atoms with van der Waals surface area (Å²) >= 11 is 3.49. The number of esters is 1. The number of carbonyl (C=O) groups is 1. The largest absolute Gasteiger partial charge is 0.466 e.